The van der Waals surface area contributed by atoms with Gasteiger partial charge in [0.2, 0.25) is 0 Å². The van der Waals surface area contributed by atoms with Crippen molar-refractivity contribution in [2.45, 2.75) is 59.2 Å². The maximum atomic E-state index is 13.4. The summed E-state index contributed by atoms with van der Waals surface area (Å²) in [5.74, 6) is 0.828. The first kappa shape index (κ1) is 26.9. The van der Waals surface area contributed by atoms with E-state index in [1.165, 1.54) is 7.11 Å². The number of carbonyl (C=O) groups excluding carboxylic acids is 1. The molecule has 0 saturated carbocycles. The van der Waals surface area contributed by atoms with Gasteiger partial charge in [-0.1, -0.05) is 18.2 Å². The van der Waals surface area contributed by atoms with Gasteiger partial charge in [-0.05, 0) is 71.7 Å². The normalized spacial score (nSPS) is 15.3. The van der Waals surface area contributed by atoms with Crippen LogP contribution in [0.4, 0.5) is 0 Å². The standard InChI is InChI=1S/C29H40N4O4/c1-19-15-25(36-5)23(27(34)31-19)16-30-28(35)26-20(2)33(24-10-8-7-9-22(24)26)17-21-11-13-32(14-12-21)18-29(3,4)37-6/h7-10,15,21H,11-14,16-18H2,1-6H3,(H,30,35)(H,31,34). The smallest absolute Gasteiger partial charge is 0.256 e. The summed E-state index contributed by atoms with van der Waals surface area (Å²) in [7, 11) is 3.30. The molecule has 1 saturated heterocycles. The SMILES string of the molecule is COc1cc(C)[nH]c(=O)c1CNC(=O)c1c(C)n(CC2CCN(CC(C)(C)OC)CC2)c2ccccc12. The monoisotopic (exact) mass is 508 g/mol. The molecule has 200 valence electrons. The zero-order chi connectivity index (χ0) is 26.7. The molecule has 2 aromatic heterocycles. The Bertz CT molecular complexity index is 1320. The van der Waals surface area contributed by atoms with Gasteiger partial charge in [0.1, 0.15) is 5.75 Å². The van der Waals surface area contributed by atoms with Crippen molar-refractivity contribution in [1.29, 1.82) is 0 Å². The van der Waals surface area contributed by atoms with Crippen LogP contribution in [-0.2, 0) is 17.8 Å². The van der Waals surface area contributed by atoms with E-state index in [0.717, 1.165) is 55.6 Å². The van der Waals surface area contributed by atoms with Crippen LogP contribution < -0.4 is 15.6 Å². The number of methoxy groups -OCH3 is 2. The second-order valence-electron chi connectivity index (χ2n) is 10.8. The molecule has 1 aliphatic rings. The minimum Gasteiger partial charge on any atom is -0.496 e. The fourth-order valence-corrected chi connectivity index (χ4v) is 5.43. The first-order valence-corrected chi connectivity index (χ1v) is 13.0. The second kappa shape index (κ2) is 11.1. The molecule has 0 bridgehead atoms. The topological polar surface area (TPSA) is 88.6 Å². The molecule has 0 spiro atoms. The number of aromatic amines is 1. The van der Waals surface area contributed by atoms with Crippen LogP contribution >= 0.6 is 0 Å². The van der Waals surface area contributed by atoms with Crippen molar-refractivity contribution >= 4 is 16.8 Å². The van der Waals surface area contributed by atoms with Crippen LogP contribution in [0.15, 0.2) is 35.1 Å². The lowest BCUT2D eigenvalue weighted by Crippen LogP contribution is -2.44. The van der Waals surface area contributed by atoms with Gasteiger partial charge in [0, 0.05) is 42.5 Å². The number of likely N-dealkylation sites (tertiary alicyclic amines) is 1. The first-order valence-electron chi connectivity index (χ1n) is 13.0. The summed E-state index contributed by atoms with van der Waals surface area (Å²) >= 11 is 0. The number of aryl methyl sites for hydroxylation is 1. The molecule has 37 heavy (non-hydrogen) atoms. The highest BCUT2D eigenvalue weighted by molar-refractivity contribution is 6.08. The Labute approximate surface area is 219 Å². The van der Waals surface area contributed by atoms with E-state index in [9.17, 15) is 9.59 Å². The van der Waals surface area contributed by atoms with E-state index in [-0.39, 0.29) is 23.6 Å². The van der Waals surface area contributed by atoms with Gasteiger partial charge in [-0.3, -0.25) is 9.59 Å². The fourth-order valence-electron chi connectivity index (χ4n) is 5.43. The number of pyridine rings is 1. The Morgan fingerprint density at radius 1 is 1.16 bits per heavy atom. The molecule has 1 fully saturated rings. The molecule has 8 nitrogen and oxygen atoms in total. The maximum Gasteiger partial charge on any atom is 0.256 e. The van der Waals surface area contributed by atoms with Crippen molar-refractivity contribution in [3.8, 4) is 5.75 Å². The molecule has 1 aliphatic heterocycles. The Morgan fingerprint density at radius 3 is 2.54 bits per heavy atom. The molecule has 0 aliphatic carbocycles. The zero-order valence-corrected chi connectivity index (χ0v) is 22.9. The molecule has 0 unspecified atom stereocenters. The van der Waals surface area contributed by atoms with E-state index >= 15 is 0 Å². The molecule has 8 heteroatoms. The predicted octanol–water partition coefficient (Wildman–Crippen LogP) is 4.02. The van der Waals surface area contributed by atoms with Gasteiger partial charge in [-0.15, -0.1) is 0 Å². The molecule has 2 N–H and O–H groups in total. The number of carbonyl (C=O) groups is 1. The van der Waals surface area contributed by atoms with Crippen molar-refractivity contribution in [3.05, 3.63) is 63.2 Å². The first-order chi connectivity index (χ1) is 17.6. The molecule has 3 aromatic rings. The van der Waals surface area contributed by atoms with Gasteiger partial charge in [-0.25, -0.2) is 0 Å². The highest BCUT2D eigenvalue weighted by Crippen LogP contribution is 2.29. The third-order valence-electron chi connectivity index (χ3n) is 7.64. The summed E-state index contributed by atoms with van der Waals surface area (Å²) < 4.78 is 13.3. The fraction of sp³-hybridized carbons (Fsp3) is 0.517. The summed E-state index contributed by atoms with van der Waals surface area (Å²) in [6.45, 7) is 12.1. The minimum atomic E-state index is -0.253. The summed E-state index contributed by atoms with van der Waals surface area (Å²) in [5.41, 5.74) is 3.41. The molecule has 0 atom stereocenters. The van der Waals surface area contributed by atoms with Crippen LogP contribution in [0.5, 0.6) is 5.75 Å². The van der Waals surface area contributed by atoms with Gasteiger partial charge in [0.25, 0.3) is 11.5 Å². The van der Waals surface area contributed by atoms with Gasteiger partial charge < -0.3 is 29.2 Å². The van der Waals surface area contributed by atoms with Gasteiger partial charge in [-0.2, -0.15) is 0 Å². The van der Waals surface area contributed by atoms with Gasteiger partial charge in [0.15, 0.2) is 0 Å². The molecule has 4 rings (SSSR count). The Morgan fingerprint density at radius 2 is 1.86 bits per heavy atom. The third-order valence-corrected chi connectivity index (χ3v) is 7.64. The van der Waals surface area contributed by atoms with Gasteiger partial charge in [0.05, 0.1) is 30.4 Å². The predicted molar refractivity (Wildman–Crippen MR) is 146 cm³/mol. The van der Waals surface area contributed by atoms with Gasteiger partial charge >= 0.3 is 0 Å². The summed E-state index contributed by atoms with van der Waals surface area (Å²) in [6.07, 6.45) is 2.23. The van der Waals surface area contributed by atoms with E-state index in [1.54, 1.807) is 20.1 Å². The third kappa shape index (κ3) is 5.91. The van der Waals surface area contributed by atoms with E-state index in [1.807, 2.05) is 25.1 Å². The van der Waals surface area contributed by atoms with Crippen molar-refractivity contribution in [2.24, 2.45) is 5.92 Å². The average Bonchev–Trinajstić information content (AvgIpc) is 3.15. The lowest BCUT2D eigenvalue weighted by Gasteiger charge is -2.37. The molecular formula is C29H40N4O4. The number of fused-ring (bicyclic) bond motifs is 1. The lowest BCUT2D eigenvalue weighted by atomic mass is 9.95. The number of piperidine rings is 1. The van der Waals surface area contributed by atoms with Crippen molar-refractivity contribution < 1.29 is 14.3 Å². The number of ether oxygens (including phenoxy) is 2. The quantitative estimate of drug-likeness (QED) is 0.456. The van der Waals surface area contributed by atoms with Crippen molar-refractivity contribution in [2.75, 3.05) is 33.9 Å². The van der Waals surface area contributed by atoms with Crippen LogP contribution in [0.2, 0.25) is 0 Å². The average molecular weight is 509 g/mol. The number of amides is 1. The van der Waals surface area contributed by atoms with Crippen LogP contribution in [0.1, 0.15) is 54.0 Å². The largest absolute Gasteiger partial charge is 0.496 e. The molecule has 1 amide bonds. The Balaban J connectivity index is 1.51. The van der Waals surface area contributed by atoms with Crippen LogP contribution in [0, 0.1) is 19.8 Å². The molecule has 1 aromatic carbocycles. The van der Waals surface area contributed by atoms with Crippen LogP contribution in [0.25, 0.3) is 10.9 Å². The molecular weight excluding hydrogens is 468 g/mol. The number of para-hydroxylation sites is 1. The lowest BCUT2D eigenvalue weighted by molar-refractivity contribution is -0.0151. The number of aromatic nitrogens is 2. The van der Waals surface area contributed by atoms with Crippen LogP contribution in [0.3, 0.4) is 0 Å². The highest BCUT2D eigenvalue weighted by atomic mass is 16.5. The van der Waals surface area contributed by atoms with E-state index in [0.29, 0.717) is 28.5 Å². The summed E-state index contributed by atoms with van der Waals surface area (Å²) in [6, 6.07) is 9.84. The number of rotatable bonds is 9. The number of H-pyrrole nitrogens is 1. The van der Waals surface area contributed by atoms with E-state index < -0.39 is 0 Å². The minimum absolute atomic E-state index is 0.0901. The maximum absolute atomic E-state index is 13.4. The van der Waals surface area contributed by atoms with E-state index in [4.69, 9.17) is 9.47 Å². The highest BCUT2D eigenvalue weighted by Gasteiger charge is 2.27. The van der Waals surface area contributed by atoms with E-state index in [2.05, 4.69) is 39.7 Å². The zero-order valence-electron chi connectivity index (χ0n) is 22.9. The van der Waals surface area contributed by atoms with Crippen LogP contribution in [-0.4, -0.2) is 59.8 Å². The number of benzene rings is 1. The Hall–Kier alpha value is -3.10. The second-order valence-corrected chi connectivity index (χ2v) is 10.8. The summed E-state index contributed by atoms with van der Waals surface area (Å²) in [5, 5.41) is 3.89. The number of hydrogen-bond acceptors (Lipinski definition) is 5. The number of nitrogens with zero attached hydrogens (tertiary/aromatic N) is 2. The number of nitrogens with one attached hydrogen (secondary N) is 2. The molecule has 0 radical (unpaired) electrons. The Kier molecular flexibility index (Phi) is 8.09. The van der Waals surface area contributed by atoms with Crippen molar-refractivity contribution in [3.63, 3.8) is 0 Å². The number of hydrogen-bond donors (Lipinski definition) is 2. The molecule has 3 heterocycles. The van der Waals surface area contributed by atoms with Crippen molar-refractivity contribution in [1.82, 2.24) is 19.8 Å². The summed E-state index contributed by atoms with van der Waals surface area (Å²) in [4.78, 5) is 31.2.